The van der Waals surface area contributed by atoms with Crippen LogP contribution in [-0.2, 0) is 9.47 Å². The summed E-state index contributed by atoms with van der Waals surface area (Å²) in [6.45, 7) is 1.14. The number of rotatable bonds is 8. The second kappa shape index (κ2) is 11.3. The van der Waals surface area contributed by atoms with Crippen molar-refractivity contribution in [2.45, 2.75) is 11.8 Å². The van der Waals surface area contributed by atoms with Crippen LogP contribution in [0.5, 0.6) is 0 Å². The third kappa shape index (κ3) is 5.48. The minimum atomic E-state index is -0.918. The molecule has 2 aromatic carbocycles. The molecule has 0 aromatic heterocycles. The molecule has 0 radical (unpaired) electrons. The van der Waals surface area contributed by atoms with Crippen LogP contribution in [0.4, 0.5) is 19.3 Å². The summed E-state index contributed by atoms with van der Waals surface area (Å²) in [5, 5.41) is -0.429. The number of hydrogen-bond acceptors (Lipinski definition) is 5. The van der Waals surface area contributed by atoms with Gasteiger partial charge in [-0.05, 0) is 36.1 Å². The molecule has 3 amide bonds. The van der Waals surface area contributed by atoms with E-state index < -0.39 is 35.3 Å². The van der Waals surface area contributed by atoms with E-state index in [9.17, 15) is 18.4 Å². The van der Waals surface area contributed by atoms with E-state index in [1.165, 1.54) is 50.2 Å². The van der Waals surface area contributed by atoms with E-state index in [0.29, 0.717) is 9.80 Å². The van der Waals surface area contributed by atoms with Crippen molar-refractivity contribution in [3.05, 3.63) is 58.6 Å². The Labute approximate surface area is 182 Å². The fourth-order valence-corrected chi connectivity index (χ4v) is 3.50. The number of amides is 3. The second-order valence-corrected chi connectivity index (χ2v) is 7.64. The molecule has 2 rings (SSSR count). The van der Waals surface area contributed by atoms with E-state index in [1.54, 1.807) is 6.07 Å². The Morgan fingerprint density at radius 2 is 1.77 bits per heavy atom. The van der Waals surface area contributed by atoms with Gasteiger partial charge >= 0.3 is 6.03 Å². The van der Waals surface area contributed by atoms with E-state index >= 15 is 0 Å². The van der Waals surface area contributed by atoms with Gasteiger partial charge in [-0.25, -0.2) is 18.5 Å². The second-order valence-electron chi connectivity index (χ2n) is 5.93. The average molecular weight is 459 g/mol. The molecule has 0 aliphatic heterocycles. The van der Waals surface area contributed by atoms with Crippen LogP contribution in [0.15, 0.2) is 41.3 Å². The Kier molecular flexibility index (Phi) is 9.04. The van der Waals surface area contributed by atoms with E-state index in [4.69, 9.17) is 21.1 Å². The zero-order valence-electron chi connectivity index (χ0n) is 16.7. The van der Waals surface area contributed by atoms with Crippen LogP contribution < -0.4 is 4.90 Å². The highest BCUT2D eigenvalue weighted by molar-refractivity contribution is 7.99. The summed E-state index contributed by atoms with van der Waals surface area (Å²) >= 11 is 7.33. The summed E-state index contributed by atoms with van der Waals surface area (Å²) < 4.78 is 38.5. The molecule has 0 aliphatic rings. The van der Waals surface area contributed by atoms with Crippen molar-refractivity contribution in [1.29, 1.82) is 0 Å². The lowest BCUT2D eigenvalue weighted by Gasteiger charge is -2.29. The number of urea groups is 1. The maximum absolute atomic E-state index is 14.7. The van der Waals surface area contributed by atoms with Crippen LogP contribution in [0, 0.1) is 11.6 Å². The fraction of sp³-hybridized carbons (Fsp3) is 0.300. The van der Waals surface area contributed by atoms with Gasteiger partial charge in [0.1, 0.15) is 25.1 Å². The van der Waals surface area contributed by atoms with Gasteiger partial charge in [-0.3, -0.25) is 9.69 Å². The molecule has 30 heavy (non-hydrogen) atoms. The van der Waals surface area contributed by atoms with Gasteiger partial charge in [0.2, 0.25) is 0 Å². The molecule has 0 atom stereocenters. The standard InChI is InChI=1S/C20H21ClF2N2O4S/c1-4-30-13-8-9-17(16(23)10-13)24(11-28-2)20(27)25(12-29-3)19(26)14-6-5-7-15(22)18(14)21/h5-10H,4,11-12H2,1-3H3. The van der Waals surface area contributed by atoms with Crippen molar-refractivity contribution >= 4 is 41.0 Å². The minimum Gasteiger partial charge on any atom is -0.364 e. The van der Waals surface area contributed by atoms with E-state index in [-0.39, 0.29) is 18.0 Å². The van der Waals surface area contributed by atoms with Crippen molar-refractivity contribution in [3.8, 4) is 0 Å². The maximum atomic E-state index is 14.7. The van der Waals surface area contributed by atoms with Gasteiger partial charge in [0.15, 0.2) is 0 Å². The molecule has 162 valence electrons. The van der Waals surface area contributed by atoms with Gasteiger partial charge in [-0.1, -0.05) is 24.6 Å². The number of nitrogens with zero attached hydrogens (tertiary/aromatic N) is 2. The Hall–Kier alpha value is -2.20. The fourth-order valence-electron chi connectivity index (χ4n) is 2.61. The van der Waals surface area contributed by atoms with E-state index in [2.05, 4.69) is 0 Å². The molecular weight excluding hydrogens is 438 g/mol. The van der Waals surface area contributed by atoms with Gasteiger partial charge in [0.05, 0.1) is 16.3 Å². The first-order valence-corrected chi connectivity index (χ1v) is 10.2. The van der Waals surface area contributed by atoms with Crippen LogP contribution in [0.25, 0.3) is 0 Å². The monoisotopic (exact) mass is 458 g/mol. The van der Waals surface area contributed by atoms with Gasteiger partial charge < -0.3 is 9.47 Å². The molecule has 10 heteroatoms. The first-order chi connectivity index (χ1) is 14.3. The SMILES string of the molecule is CCSc1ccc(N(COC)C(=O)N(COC)C(=O)c2cccc(F)c2Cl)c(F)c1. The smallest absolute Gasteiger partial charge is 0.335 e. The molecule has 0 fully saturated rings. The van der Waals surface area contributed by atoms with Crippen LogP contribution in [0.3, 0.4) is 0 Å². The molecule has 0 spiro atoms. The highest BCUT2D eigenvalue weighted by atomic mass is 35.5. The van der Waals surface area contributed by atoms with Crippen LogP contribution in [-0.4, -0.2) is 50.3 Å². The molecule has 6 nitrogen and oxygen atoms in total. The summed E-state index contributed by atoms with van der Waals surface area (Å²) in [6.07, 6.45) is 0. The third-order valence-electron chi connectivity index (χ3n) is 3.93. The van der Waals surface area contributed by atoms with Crippen molar-refractivity contribution in [3.63, 3.8) is 0 Å². The minimum absolute atomic E-state index is 0.0819. The quantitative estimate of drug-likeness (QED) is 0.411. The lowest BCUT2D eigenvalue weighted by molar-refractivity contribution is 0.0532. The molecule has 0 unspecified atom stereocenters. The lowest BCUT2D eigenvalue weighted by atomic mass is 10.2. The third-order valence-corrected chi connectivity index (χ3v) is 5.19. The van der Waals surface area contributed by atoms with Crippen LogP contribution in [0.2, 0.25) is 5.02 Å². The first kappa shape index (κ1) is 24.1. The Balaban J connectivity index is 2.43. The zero-order chi connectivity index (χ0) is 22.3. The summed E-state index contributed by atoms with van der Waals surface area (Å²) in [5.74, 6) is -1.61. The molecule has 2 aromatic rings. The molecule has 0 aliphatic carbocycles. The maximum Gasteiger partial charge on any atom is 0.335 e. The van der Waals surface area contributed by atoms with E-state index in [0.717, 1.165) is 16.7 Å². The summed E-state index contributed by atoms with van der Waals surface area (Å²) in [5.41, 5.74) is -0.309. The summed E-state index contributed by atoms with van der Waals surface area (Å²) in [4.78, 5) is 28.4. The summed E-state index contributed by atoms with van der Waals surface area (Å²) in [6, 6.07) is 7.12. The van der Waals surface area contributed by atoms with Crippen LogP contribution in [0.1, 0.15) is 17.3 Å². The topological polar surface area (TPSA) is 59.1 Å². The number of benzene rings is 2. The molecule has 0 bridgehead atoms. The molecule has 0 saturated heterocycles. The van der Waals surface area contributed by atoms with Gasteiger partial charge in [0, 0.05) is 19.1 Å². The highest BCUT2D eigenvalue weighted by Gasteiger charge is 2.31. The van der Waals surface area contributed by atoms with Gasteiger partial charge in [0.25, 0.3) is 5.91 Å². The summed E-state index contributed by atoms with van der Waals surface area (Å²) in [7, 11) is 2.60. The molecule has 0 N–H and O–H groups in total. The number of hydrogen-bond donors (Lipinski definition) is 0. The van der Waals surface area contributed by atoms with Crippen molar-refractivity contribution in [1.82, 2.24) is 4.90 Å². The largest absolute Gasteiger partial charge is 0.364 e. The predicted molar refractivity (Wildman–Crippen MR) is 112 cm³/mol. The molecular formula is C20H21ClF2N2O4S. The number of carbonyl (C=O) groups is 2. The van der Waals surface area contributed by atoms with Gasteiger partial charge in [-0.15, -0.1) is 11.8 Å². The normalized spacial score (nSPS) is 10.7. The number of anilines is 1. The average Bonchev–Trinajstić information content (AvgIpc) is 2.72. The number of carbonyl (C=O) groups excluding carboxylic acids is 2. The Morgan fingerprint density at radius 3 is 2.37 bits per heavy atom. The number of imide groups is 1. The molecule has 0 saturated carbocycles. The number of methoxy groups -OCH3 is 2. The number of thioether (sulfide) groups is 1. The number of ether oxygens (including phenoxy) is 2. The first-order valence-electron chi connectivity index (χ1n) is 8.83. The van der Waals surface area contributed by atoms with Gasteiger partial charge in [-0.2, -0.15) is 0 Å². The molecule has 0 heterocycles. The Morgan fingerprint density at radius 1 is 1.07 bits per heavy atom. The zero-order valence-corrected chi connectivity index (χ0v) is 18.2. The number of halogens is 3. The van der Waals surface area contributed by atoms with Crippen LogP contribution >= 0.6 is 23.4 Å². The Bertz CT molecular complexity index is 916. The highest BCUT2D eigenvalue weighted by Crippen LogP contribution is 2.28. The van der Waals surface area contributed by atoms with Crippen molar-refractivity contribution < 1.29 is 27.8 Å². The predicted octanol–water partition coefficient (Wildman–Crippen LogP) is 5.01. The van der Waals surface area contributed by atoms with Crippen molar-refractivity contribution in [2.24, 2.45) is 0 Å². The van der Waals surface area contributed by atoms with E-state index in [1.807, 2.05) is 6.92 Å². The van der Waals surface area contributed by atoms with Crippen molar-refractivity contribution in [2.75, 3.05) is 38.3 Å². The lowest BCUT2D eigenvalue weighted by Crippen LogP contribution is -2.48.